The molecule has 0 unspecified atom stereocenters. The molecule has 5 aromatic rings. The molecule has 0 aliphatic carbocycles. The van der Waals surface area contributed by atoms with Gasteiger partial charge in [-0.2, -0.15) is 4.99 Å². The summed E-state index contributed by atoms with van der Waals surface area (Å²) in [6.45, 7) is 0. The quantitative estimate of drug-likeness (QED) is 0.396. The number of hydrogen-bond acceptors (Lipinski definition) is 2. The summed E-state index contributed by atoms with van der Waals surface area (Å²) in [7, 11) is 1.96. The maximum atomic E-state index is 12.8. The van der Waals surface area contributed by atoms with Crippen molar-refractivity contribution in [3.63, 3.8) is 0 Å². The highest BCUT2D eigenvalue weighted by Crippen LogP contribution is 2.27. The zero-order valence-corrected chi connectivity index (χ0v) is 15.5. The van der Waals surface area contributed by atoms with Crippen molar-refractivity contribution in [2.45, 2.75) is 0 Å². The maximum absolute atomic E-state index is 12.8. The number of thiazole rings is 1. The third kappa shape index (κ3) is 2.66. The molecule has 0 saturated heterocycles. The van der Waals surface area contributed by atoms with Gasteiger partial charge >= 0.3 is 0 Å². The van der Waals surface area contributed by atoms with E-state index < -0.39 is 0 Å². The van der Waals surface area contributed by atoms with Crippen molar-refractivity contribution in [3.8, 4) is 0 Å². The molecule has 4 aromatic carbocycles. The van der Waals surface area contributed by atoms with Crippen molar-refractivity contribution in [1.29, 1.82) is 0 Å². The SMILES string of the molecule is Cn1c(=NC(=O)c2ccc3ccccc3c2)sc2c3ccccc3ccc21. The highest BCUT2D eigenvalue weighted by molar-refractivity contribution is 7.17. The summed E-state index contributed by atoms with van der Waals surface area (Å²) >= 11 is 1.56. The Morgan fingerprint density at radius 2 is 1.56 bits per heavy atom. The van der Waals surface area contributed by atoms with E-state index in [0.717, 1.165) is 21.0 Å². The minimum Gasteiger partial charge on any atom is -0.319 e. The highest BCUT2D eigenvalue weighted by atomic mass is 32.1. The fourth-order valence-electron chi connectivity index (χ4n) is 3.44. The van der Waals surface area contributed by atoms with Crippen molar-refractivity contribution in [1.82, 2.24) is 4.57 Å². The molecule has 0 bridgehead atoms. The summed E-state index contributed by atoms with van der Waals surface area (Å²) < 4.78 is 3.14. The van der Waals surface area contributed by atoms with Crippen LogP contribution in [0.25, 0.3) is 31.8 Å². The number of aromatic nitrogens is 1. The predicted molar refractivity (Wildman–Crippen MR) is 112 cm³/mol. The number of hydrogen-bond donors (Lipinski definition) is 0. The van der Waals surface area contributed by atoms with Gasteiger partial charge in [0.2, 0.25) is 0 Å². The Morgan fingerprint density at radius 1 is 0.852 bits per heavy atom. The fourth-order valence-corrected chi connectivity index (χ4v) is 4.59. The van der Waals surface area contributed by atoms with Crippen molar-refractivity contribution in [3.05, 3.63) is 89.2 Å². The largest absolute Gasteiger partial charge is 0.319 e. The Labute approximate surface area is 159 Å². The molecule has 0 spiro atoms. The second kappa shape index (κ2) is 6.18. The molecule has 0 atom stereocenters. The minimum absolute atomic E-state index is 0.216. The summed E-state index contributed by atoms with van der Waals surface area (Å²) in [5.41, 5.74) is 1.69. The Balaban J connectivity index is 1.67. The van der Waals surface area contributed by atoms with E-state index in [-0.39, 0.29) is 5.91 Å². The molecular weight excluding hydrogens is 352 g/mol. The van der Waals surface area contributed by atoms with Gasteiger partial charge in [-0.05, 0) is 34.4 Å². The highest BCUT2D eigenvalue weighted by Gasteiger charge is 2.10. The molecule has 0 N–H and O–H groups in total. The minimum atomic E-state index is -0.216. The van der Waals surface area contributed by atoms with E-state index in [1.807, 2.05) is 66.2 Å². The summed E-state index contributed by atoms with van der Waals surface area (Å²) in [6, 6.07) is 26.2. The lowest BCUT2D eigenvalue weighted by molar-refractivity contribution is 0.0998. The van der Waals surface area contributed by atoms with Gasteiger partial charge in [-0.25, -0.2) is 0 Å². The van der Waals surface area contributed by atoms with Crippen LogP contribution in [0.15, 0.2) is 83.9 Å². The molecule has 1 amide bonds. The van der Waals surface area contributed by atoms with Crippen molar-refractivity contribution in [2.75, 3.05) is 0 Å². The van der Waals surface area contributed by atoms with Crippen LogP contribution in [0.4, 0.5) is 0 Å². The third-order valence-electron chi connectivity index (χ3n) is 4.89. The first-order chi connectivity index (χ1) is 13.2. The van der Waals surface area contributed by atoms with E-state index in [1.165, 1.54) is 10.8 Å². The standard InChI is InChI=1S/C23H16N2OS/c1-25-20-13-12-16-7-4-5-9-19(16)21(20)27-23(25)24-22(26)18-11-10-15-6-2-3-8-17(15)14-18/h2-14H,1H3. The number of rotatable bonds is 1. The number of aryl methyl sites for hydroxylation is 1. The lowest BCUT2D eigenvalue weighted by Gasteiger charge is -2.00. The van der Waals surface area contributed by atoms with Gasteiger partial charge in [-0.1, -0.05) is 72.0 Å². The Kier molecular flexibility index (Phi) is 3.66. The predicted octanol–water partition coefficient (Wildman–Crippen LogP) is 5.29. The number of fused-ring (bicyclic) bond motifs is 4. The van der Waals surface area contributed by atoms with E-state index in [1.54, 1.807) is 11.3 Å². The lowest BCUT2D eigenvalue weighted by Crippen LogP contribution is -2.13. The average Bonchev–Trinajstić information content (AvgIpc) is 3.03. The summed E-state index contributed by atoms with van der Waals surface area (Å²) in [4.78, 5) is 17.9. The monoisotopic (exact) mass is 368 g/mol. The number of benzene rings is 4. The van der Waals surface area contributed by atoms with Gasteiger partial charge in [0.15, 0.2) is 4.80 Å². The van der Waals surface area contributed by atoms with Crippen LogP contribution in [-0.2, 0) is 7.05 Å². The van der Waals surface area contributed by atoms with Crippen LogP contribution in [0.1, 0.15) is 10.4 Å². The van der Waals surface area contributed by atoms with Gasteiger partial charge in [-0.3, -0.25) is 4.79 Å². The first kappa shape index (κ1) is 16.0. The normalized spacial score (nSPS) is 12.3. The smallest absolute Gasteiger partial charge is 0.279 e. The molecule has 0 fully saturated rings. The lowest BCUT2D eigenvalue weighted by atomic mass is 10.1. The van der Waals surface area contributed by atoms with Gasteiger partial charge in [0, 0.05) is 18.0 Å². The molecule has 1 aromatic heterocycles. The molecule has 1 heterocycles. The van der Waals surface area contributed by atoms with Crippen LogP contribution in [-0.4, -0.2) is 10.5 Å². The van der Waals surface area contributed by atoms with Crippen LogP contribution in [0.5, 0.6) is 0 Å². The number of carbonyl (C=O) groups is 1. The van der Waals surface area contributed by atoms with E-state index >= 15 is 0 Å². The zero-order chi connectivity index (χ0) is 18.4. The Bertz CT molecular complexity index is 1410. The van der Waals surface area contributed by atoms with E-state index in [4.69, 9.17) is 0 Å². The first-order valence-corrected chi connectivity index (χ1v) is 9.57. The van der Waals surface area contributed by atoms with E-state index in [0.29, 0.717) is 10.4 Å². The van der Waals surface area contributed by atoms with Crippen LogP contribution in [0.3, 0.4) is 0 Å². The molecule has 0 saturated carbocycles. The molecule has 4 heteroatoms. The number of nitrogens with zero attached hydrogens (tertiary/aromatic N) is 2. The summed E-state index contributed by atoms with van der Waals surface area (Å²) in [5, 5.41) is 4.55. The number of carbonyl (C=O) groups excluding carboxylic acids is 1. The second-order valence-electron chi connectivity index (χ2n) is 6.56. The van der Waals surface area contributed by atoms with Gasteiger partial charge < -0.3 is 4.57 Å². The van der Waals surface area contributed by atoms with Crippen LogP contribution >= 0.6 is 11.3 Å². The van der Waals surface area contributed by atoms with Gasteiger partial charge in [0.1, 0.15) is 0 Å². The third-order valence-corrected chi connectivity index (χ3v) is 6.07. The van der Waals surface area contributed by atoms with Crippen molar-refractivity contribution in [2.24, 2.45) is 12.0 Å². The van der Waals surface area contributed by atoms with Crippen molar-refractivity contribution >= 4 is 49.0 Å². The molecule has 130 valence electrons. The molecule has 0 radical (unpaired) electrons. The van der Waals surface area contributed by atoms with Crippen LogP contribution in [0.2, 0.25) is 0 Å². The van der Waals surface area contributed by atoms with Gasteiger partial charge in [0.25, 0.3) is 5.91 Å². The molecule has 0 aliphatic heterocycles. The fraction of sp³-hybridized carbons (Fsp3) is 0.0435. The summed E-state index contributed by atoms with van der Waals surface area (Å²) in [6.07, 6.45) is 0. The van der Waals surface area contributed by atoms with E-state index in [9.17, 15) is 4.79 Å². The maximum Gasteiger partial charge on any atom is 0.279 e. The molecular formula is C23H16N2OS. The molecule has 5 rings (SSSR count). The van der Waals surface area contributed by atoms with Gasteiger partial charge in [-0.15, -0.1) is 0 Å². The van der Waals surface area contributed by atoms with Crippen molar-refractivity contribution < 1.29 is 4.79 Å². The van der Waals surface area contributed by atoms with Crippen LogP contribution < -0.4 is 4.80 Å². The van der Waals surface area contributed by atoms with Crippen LogP contribution in [0, 0.1) is 0 Å². The van der Waals surface area contributed by atoms with Gasteiger partial charge in [0.05, 0.1) is 10.2 Å². The Hall–Kier alpha value is -3.24. The zero-order valence-electron chi connectivity index (χ0n) is 14.7. The number of amides is 1. The first-order valence-electron chi connectivity index (χ1n) is 8.76. The molecule has 3 nitrogen and oxygen atoms in total. The summed E-state index contributed by atoms with van der Waals surface area (Å²) in [5.74, 6) is -0.216. The molecule has 27 heavy (non-hydrogen) atoms. The second-order valence-corrected chi connectivity index (χ2v) is 7.54. The van der Waals surface area contributed by atoms with E-state index in [2.05, 4.69) is 29.3 Å². The average molecular weight is 368 g/mol. The topological polar surface area (TPSA) is 34.4 Å². The molecule has 0 aliphatic rings. The Morgan fingerprint density at radius 3 is 2.41 bits per heavy atom.